The quantitative estimate of drug-likeness (QED) is 0.914. The number of ether oxygens (including phenoxy) is 1. The van der Waals surface area contributed by atoms with Crippen LogP contribution in [0.4, 0.5) is 13.2 Å². The van der Waals surface area contributed by atoms with Crippen LogP contribution in [0.1, 0.15) is 31.5 Å². The van der Waals surface area contributed by atoms with Gasteiger partial charge in [-0.05, 0) is 25.5 Å². The van der Waals surface area contributed by atoms with E-state index in [0.717, 1.165) is 12.1 Å². The van der Waals surface area contributed by atoms with Crippen LogP contribution in [0.2, 0.25) is 0 Å². The van der Waals surface area contributed by atoms with Gasteiger partial charge >= 0.3 is 6.18 Å². The summed E-state index contributed by atoms with van der Waals surface area (Å²) in [7, 11) is 0. The molecule has 0 aromatic carbocycles. The summed E-state index contributed by atoms with van der Waals surface area (Å²) in [6, 6.07) is 3.51. The number of hydrogen-bond donors (Lipinski definition) is 1. The average Bonchev–Trinajstić information content (AvgIpc) is 2.35. The molecule has 19 heavy (non-hydrogen) atoms. The van der Waals surface area contributed by atoms with Crippen molar-refractivity contribution in [1.29, 1.82) is 5.26 Å². The summed E-state index contributed by atoms with van der Waals surface area (Å²) < 4.78 is 42.7. The molecule has 0 bridgehead atoms. The van der Waals surface area contributed by atoms with E-state index < -0.39 is 17.4 Å². The lowest BCUT2D eigenvalue weighted by atomic mass is 10.0. The second kappa shape index (κ2) is 5.45. The maximum absolute atomic E-state index is 12.5. The van der Waals surface area contributed by atoms with Crippen molar-refractivity contribution in [2.45, 2.75) is 32.0 Å². The lowest BCUT2D eigenvalue weighted by Crippen LogP contribution is -2.41. The Balaban J connectivity index is 3.01. The van der Waals surface area contributed by atoms with Gasteiger partial charge in [-0.3, -0.25) is 0 Å². The minimum absolute atomic E-state index is 0.0213. The molecule has 7 heteroatoms. The minimum atomic E-state index is -4.58. The lowest BCUT2D eigenvalue weighted by Gasteiger charge is -2.22. The fraction of sp³-hybridized carbons (Fsp3) is 0.500. The third-order valence-electron chi connectivity index (χ3n) is 2.62. The van der Waals surface area contributed by atoms with Gasteiger partial charge < -0.3 is 10.5 Å². The zero-order chi connectivity index (χ0) is 14.7. The van der Waals surface area contributed by atoms with Gasteiger partial charge in [0.15, 0.2) is 0 Å². The van der Waals surface area contributed by atoms with Crippen molar-refractivity contribution in [3.05, 3.63) is 23.4 Å². The van der Waals surface area contributed by atoms with Crippen molar-refractivity contribution in [2.24, 2.45) is 5.73 Å². The molecule has 0 saturated heterocycles. The highest BCUT2D eigenvalue weighted by Crippen LogP contribution is 2.30. The summed E-state index contributed by atoms with van der Waals surface area (Å²) in [5, 5.41) is 8.82. The summed E-state index contributed by atoms with van der Waals surface area (Å²) in [5.41, 5.74) is 3.97. The Hall–Kier alpha value is -1.81. The van der Waals surface area contributed by atoms with E-state index in [1.54, 1.807) is 13.0 Å². The molecule has 1 aromatic heterocycles. The highest BCUT2D eigenvalue weighted by atomic mass is 19.4. The Morgan fingerprint density at radius 2 is 2.05 bits per heavy atom. The predicted molar refractivity (Wildman–Crippen MR) is 62.3 cm³/mol. The number of pyridine rings is 1. The second-order valence-corrected chi connectivity index (χ2v) is 4.46. The maximum Gasteiger partial charge on any atom is 0.433 e. The molecule has 4 nitrogen and oxygen atoms in total. The van der Waals surface area contributed by atoms with Gasteiger partial charge in [-0.15, -0.1) is 0 Å². The molecule has 1 unspecified atom stereocenters. The van der Waals surface area contributed by atoms with Crippen LogP contribution in [0.3, 0.4) is 0 Å². The summed E-state index contributed by atoms with van der Waals surface area (Å²) in [6.07, 6.45) is -4.00. The molecule has 0 radical (unpaired) electrons. The number of halogens is 3. The highest BCUT2D eigenvalue weighted by Gasteiger charge is 2.33. The Labute approximate surface area is 109 Å². The topological polar surface area (TPSA) is 71.9 Å². The van der Waals surface area contributed by atoms with Crippen LogP contribution in [-0.4, -0.2) is 17.1 Å². The van der Waals surface area contributed by atoms with Crippen LogP contribution in [0, 0.1) is 11.3 Å². The van der Waals surface area contributed by atoms with E-state index in [0.29, 0.717) is 6.42 Å². The Morgan fingerprint density at radius 3 is 2.53 bits per heavy atom. The van der Waals surface area contributed by atoms with Gasteiger partial charge in [-0.25, -0.2) is 4.98 Å². The third-order valence-corrected chi connectivity index (χ3v) is 2.62. The number of aromatic nitrogens is 1. The highest BCUT2D eigenvalue weighted by molar-refractivity contribution is 5.39. The lowest BCUT2D eigenvalue weighted by molar-refractivity contribution is -0.141. The standard InChI is InChI=1S/C12H14F3N3O/c1-3-11(2,17)7-19-10-8(6-16)4-5-9(18-10)12(13,14)15/h4-5H,3,7,17H2,1-2H3. The molecule has 104 valence electrons. The van der Waals surface area contributed by atoms with Gasteiger partial charge in [0.2, 0.25) is 5.88 Å². The number of nitriles is 1. The third kappa shape index (κ3) is 4.10. The van der Waals surface area contributed by atoms with Gasteiger partial charge in [-0.2, -0.15) is 18.4 Å². The summed E-state index contributed by atoms with van der Waals surface area (Å²) in [5.74, 6) is -0.345. The first kappa shape index (κ1) is 15.2. The van der Waals surface area contributed by atoms with Gasteiger partial charge in [0.05, 0.1) is 0 Å². The number of rotatable bonds is 4. The van der Waals surface area contributed by atoms with Crippen LogP contribution in [0.25, 0.3) is 0 Å². The van der Waals surface area contributed by atoms with Crippen molar-refractivity contribution >= 4 is 0 Å². The minimum Gasteiger partial charge on any atom is -0.475 e. The monoisotopic (exact) mass is 273 g/mol. The molecule has 0 fully saturated rings. The van der Waals surface area contributed by atoms with E-state index >= 15 is 0 Å². The number of nitrogens with two attached hydrogens (primary N) is 1. The second-order valence-electron chi connectivity index (χ2n) is 4.46. The molecular weight excluding hydrogens is 259 g/mol. The summed E-state index contributed by atoms with van der Waals surface area (Å²) >= 11 is 0. The van der Waals surface area contributed by atoms with E-state index in [-0.39, 0.29) is 18.1 Å². The predicted octanol–water partition coefficient (Wildman–Crippen LogP) is 2.48. The fourth-order valence-electron chi connectivity index (χ4n) is 1.13. The van der Waals surface area contributed by atoms with Crippen LogP contribution in [-0.2, 0) is 6.18 Å². The first-order chi connectivity index (χ1) is 8.69. The first-order valence-electron chi connectivity index (χ1n) is 5.59. The molecule has 1 rings (SSSR count). The van der Waals surface area contributed by atoms with Gasteiger partial charge in [0.25, 0.3) is 0 Å². The Kier molecular flexibility index (Phi) is 4.37. The largest absolute Gasteiger partial charge is 0.475 e. The van der Waals surface area contributed by atoms with Gasteiger partial charge in [0, 0.05) is 5.54 Å². The van der Waals surface area contributed by atoms with Crippen molar-refractivity contribution in [3.8, 4) is 11.9 Å². The smallest absolute Gasteiger partial charge is 0.433 e. The van der Waals surface area contributed by atoms with Crippen molar-refractivity contribution in [2.75, 3.05) is 6.61 Å². The van der Waals surface area contributed by atoms with Crippen LogP contribution >= 0.6 is 0 Å². The maximum atomic E-state index is 12.5. The molecule has 2 N–H and O–H groups in total. The Bertz CT molecular complexity index is 492. The molecule has 0 saturated carbocycles. The molecule has 0 amide bonds. The van der Waals surface area contributed by atoms with E-state index in [2.05, 4.69) is 4.98 Å². The van der Waals surface area contributed by atoms with Crippen molar-refractivity contribution < 1.29 is 17.9 Å². The molecule has 1 aromatic rings. The van der Waals surface area contributed by atoms with E-state index in [1.807, 2.05) is 6.92 Å². The molecule has 1 heterocycles. The van der Waals surface area contributed by atoms with E-state index in [9.17, 15) is 13.2 Å². The number of hydrogen-bond acceptors (Lipinski definition) is 4. The van der Waals surface area contributed by atoms with E-state index in [4.69, 9.17) is 15.7 Å². The zero-order valence-electron chi connectivity index (χ0n) is 10.6. The molecular formula is C12H14F3N3O. The van der Waals surface area contributed by atoms with Crippen LogP contribution < -0.4 is 10.5 Å². The van der Waals surface area contributed by atoms with Gasteiger partial charge in [-0.1, -0.05) is 6.92 Å². The number of nitrogens with zero attached hydrogens (tertiary/aromatic N) is 2. The van der Waals surface area contributed by atoms with Crippen LogP contribution in [0.15, 0.2) is 12.1 Å². The molecule has 0 aliphatic heterocycles. The fourth-order valence-corrected chi connectivity index (χ4v) is 1.13. The molecule has 0 aliphatic carbocycles. The van der Waals surface area contributed by atoms with Crippen LogP contribution in [0.5, 0.6) is 5.88 Å². The Morgan fingerprint density at radius 1 is 1.42 bits per heavy atom. The number of alkyl halides is 3. The SMILES string of the molecule is CCC(C)(N)COc1nc(C(F)(F)F)ccc1C#N. The van der Waals surface area contributed by atoms with E-state index in [1.165, 1.54) is 0 Å². The zero-order valence-corrected chi connectivity index (χ0v) is 10.6. The summed E-state index contributed by atoms with van der Waals surface area (Å²) in [6.45, 7) is 3.51. The normalized spacial score (nSPS) is 14.6. The van der Waals surface area contributed by atoms with Crippen molar-refractivity contribution in [1.82, 2.24) is 4.98 Å². The molecule has 0 spiro atoms. The molecule has 0 aliphatic rings. The van der Waals surface area contributed by atoms with Crippen molar-refractivity contribution in [3.63, 3.8) is 0 Å². The molecule has 1 atom stereocenters. The van der Waals surface area contributed by atoms with Gasteiger partial charge in [0.1, 0.15) is 23.9 Å². The summed E-state index contributed by atoms with van der Waals surface area (Å²) in [4.78, 5) is 3.33. The first-order valence-corrected chi connectivity index (χ1v) is 5.59. The average molecular weight is 273 g/mol.